The summed E-state index contributed by atoms with van der Waals surface area (Å²) in [5.74, 6) is 0.348. The van der Waals surface area contributed by atoms with Crippen LogP contribution in [0.1, 0.15) is 23.2 Å². The summed E-state index contributed by atoms with van der Waals surface area (Å²) in [6.45, 7) is 0.688. The first kappa shape index (κ1) is 8.99. The molecule has 1 aromatic heterocycles. The van der Waals surface area contributed by atoms with E-state index in [0.717, 1.165) is 0 Å². The maximum atomic E-state index is 11.5. The van der Waals surface area contributed by atoms with Crippen LogP contribution in [0.2, 0.25) is 0 Å². The number of carbonyl (C=O) groups excluding carboxylic acids is 1. The Balaban J connectivity index is 2.02. The Kier molecular flexibility index (Phi) is 2.35. The fourth-order valence-corrected chi connectivity index (χ4v) is 1.25. The van der Waals surface area contributed by atoms with Crippen molar-refractivity contribution in [2.45, 2.75) is 12.8 Å². The van der Waals surface area contributed by atoms with Gasteiger partial charge in [-0.1, -0.05) is 0 Å². The maximum absolute atomic E-state index is 11.5. The Bertz CT molecular complexity index is 393. The number of nitrogens with one attached hydrogen (secondary N) is 2. The number of aromatic nitrogens is 1. The van der Waals surface area contributed by atoms with Gasteiger partial charge in [-0.25, -0.2) is 0 Å². The molecule has 0 saturated heterocycles. The quantitative estimate of drug-likeness (QED) is 0.733. The summed E-state index contributed by atoms with van der Waals surface area (Å²) in [5.41, 5.74) is -0.0507. The van der Waals surface area contributed by atoms with E-state index < -0.39 is 0 Å². The topological polar surface area (TPSA) is 62.0 Å². The van der Waals surface area contributed by atoms with Crippen LogP contribution >= 0.6 is 0 Å². The minimum absolute atomic E-state index is 0.188. The molecule has 1 heterocycles. The Labute approximate surface area is 81.3 Å². The first-order valence-corrected chi connectivity index (χ1v) is 4.72. The molecule has 0 unspecified atom stereocenters. The molecule has 4 heteroatoms. The molecule has 1 saturated carbocycles. The van der Waals surface area contributed by atoms with Crippen LogP contribution in [0, 0.1) is 5.92 Å². The van der Waals surface area contributed by atoms with Crippen LogP contribution in [0.15, 0.2) is 23.3 Å². The van der Waals surface area contributed by atoms with E-state index in [4.69, 9.17) is 0 Å². The van der Waals surface area contributed by atoms with Gasteiger partial charge in [-0.15, -0.1) is 0 Å². The number of pyridine rings is 1. The predicted octanol–water partition coefficient (Wildman–Crippen LogP) is 0.515. The van der Waals surface area contributed by atoms with Crippen LogP contribution in [0.25, 0.3) is 0 Å². The highest BCUT2D eigenvalue weighted by Crippen LogP contribution is 2.27. The van der Waals surface area contributed by atoms with E-state index in [0.29, 0.717) is 12.5 Å². The average Bonchev–Trinajstić information content (AvgIpc) is 2.98. The van der Waals surface area contributed by atoms with Gasteiger partial charge in [-0.3, -0.25) is 9.59 Å². The summed E-state index contributed by atoms with van der Waals surface area (Å²) >= 11 is 0. The molecule has 0 aromatic carbocycles. The van der Waals surface area contributed by atoms with E-state index in [9.17, 15) is 9.59 Å². The number of aromatic amines is 1. The second-order valence-electron chi connectivity index (χ2n) is 3.58. The summed E-state index contributed by atoms with van der Waals surface area (Å²) in [4.78, 5) is 25.4. The zero-order valence-corrected chi connectivity index (χ0v) is 7.75. The van der Waals surface area contributed by atoms with Crippen molar-refractivity contribution >= 4 is 5.91 Å². The molecule has 0 spiro atoms. The Morgan fingerprint density at radius 3 is 3.00 bits per heavy atom. The lowest BCUT2D eigenvalue weighted by molar-refractivity contribution is 0.0950. The van der Waals surface area contributed by atoms with Crippen molar-refractivity contribution in [1.82, 2.24) is 10.3 Å². The molecule has 74 valence electrons. The van der Waals surface area contributed by atoms with E-state index in [1.54, 1.807) is 0 Å². The van der Waals surface area contributed by atoms with Gasteiger partial charge in [-0.2, -0.15) is 0 Å². The van der Waals surface area contributed by atoms with E-state index in [-0.39, 0.29) is 16.9 Å². The third-order valence-electron chi connectivity index (χ3n) is 2.32. The van der Waals surface area contributed by atoms with Crippen LogP contribution < -0.4 is 10.7 Å². The summed E-state index contributed by atoms with van der Waals surface area (Å²) in [6.07, 6.45) is 5.32. The fraction of sp³-hybridized carbons (Fsp3) is 0.400. The monoisotopic (exact) mass is 192 g/mol. The second-order valence-corrected chi connectivity index (χ2v) is 3.58. The van der Waals surface area contributed by atoms with E-state index in [1.807, 2.05) is 0 Å². The maximum Gasteiger partial charge on any atom is 0.256 e. The zero-order chi connectivity index (χ0) is 9.97. The molecule has 0 atom stereocenters. The van der Waals surface area contributed by atoms with E-state index >= 15 is 0 Å². The Hall–Kier alpha value is -1.58. The van der Waals surface area contributed by atoms with Gasteiger partial charge in [0.15, 0.2) is 5.43 Å². The molecule has 1 aromatic rings. The molecule has 1 amide bonds. The number of hydrogen-bond acceptors (Lipinski definition) is 2. The number of carbonyl (C=O) groups is 1. The molecule has 2 N–H and O–H groups in total. The minimum Gasteiger partial charge on any atom is -0.367 e. The van der Waals surface area contributed by atoms with Gasteiger partial charge in [0.05, 0.1) is 0 Å². The molecule has 14 heavy (non-hydrogen) atoms. The third kappa shape index (κ3) is 2.02. The van der Waals surface area contributed by atoms with Gasteiger partial charge in [0.25, 0.3) is 5.91 Å². The third-order valence-corrected chi connectivity index (χ3v) is 2.32. The lowest BCUT2D eigenvalue weighted by Gasteiger charge is -2.02. The highest BCUT2D eigenvalue weighted by Gasteiger charge is 2.22. The van der Waals surface area contributed by atoms with Crippen LogP contribution in [-0.2, 0) is 0 Å². The Morgan fingerprint density at radius 1 is 1.57 bits per heavy atom. The smallest absolute Gasteiger partial charge is 0.256 e. The SMILES string of the molecule is O=C(NCC1CC1)c1c[nH]ccc1=O. The van der Waals surface area contributed by atoms with Gasteiger partial charge in [0, 0.05) is 25.0 Å². The molecule has 0 bridgehead atoms. The van der Waals surface area contributed by atoms with Crippen LogP contribution in [0.4, 0.5) is 0 Å². The van der Waals surface area contributed by atoms with Gasteiger partial charge in [-0.05, 0) is 18.8 Å². The number of hydrogen-bond donors (Lipinski definition) is 2. The number of rotatable bonds is 3. The van der Waals surface area contributed by atoms with Gasteiger partial charge < -0.3 is 10.3 Å². The lowest BCUT2D eigenvalue weighted by Crippen LogP contribution is -2.29. The molecule has 0 aliphatic heterocycles. The lowest BCUT2D eigenvalue weighted by atomic mass is 10.2. The largest absolute Gasteiger partial charge is 0.367 e. The van der Waals surface area contributed by atoms with Crippen molar-refractivity contribution in [1.29, 1.82) is 0 Å². The predicted molar refractivity (Wildman–Crippen MR) is 52.1 cm³/mol. The molecule has 1 fully saturated rings. The van der Waals surface area contributed by atoms with Gasteiger partial charge in [0.1, 0.15) is 5.56 Å². The summed E-state index contributed by atoms with van der Waals surface area (Å²) in [7, 11) is 0. The van der Waals surface area contributed by atoms with E-state index in [2.05, 4.69) is 10.3 Å². The first-order chi connectivity index (χ1) is 6.77. The van der Waals surface area contributed by atoms with Crippen LogP contribution in [-0.4, -0.2) is 17.4 Å². The van der Waals surface area contributed by atoms with Gasteiger partial charge in [0.2, 0.25) is 0 Å². The normalized spacial score (nSPS) is 15.1. The summed E-state index contributed by atoms with van der Waals surface area (Å²) < 4.78 is 0. The molecule has 0 radical (unpaired) electrons. The summed E-state index contributed by atoms with van der Waals surface area (Å²) in [6, 6.07) is 1.35. The standard InChI is InChI=1S/C10H12N2O2/c13-9-3-4-11-6-8(9)10(14)12-5-7-1-2-7/h3-4,6-7H,1-2,5H2,(H,11,13)(H,12,14). The first-order valence-electron chi connectivity index (χ1n) is 4.72. The van der Waals surface area contributed by atoms with Crippen molar-refractivity contribution in [3.8, 4) is 0 Å². The molecule has 1 aliphatic carbocycles. The zero-order valence-electron chi connectivity index (χ0n) is 7.75. The van der Waals surface area contributed by atoms with Gasteiger partial charge >= 0.3 is 0 Å². The van der Waals surface area contributed by atoms with Crippen LogP contribution in [0.5, 0.6) is 0 Å². The molecule has 1 aliphatic rings. The van der Waals surface area contributed by atoms with Crippen molar-refractivity contribution in [3.05, 3.63) is 34.2 Å². The molecule has 2 rings (SSSR count). The molecular formula is C10H12N2O2. The van der Waals surface area contributed by atoms with Crippen LogP contribution in [0.3, 0.4) is 0 Å². The fourth-order valence-electron chi connectivity index (χ4n) is 1.25. The Morgan fingerprint density at radius 2 is 2.36 bits per heavy atom. The minimum atomic E-state index is -0.279. The van der Waals surface area contributed by atoms with Crippen molar-refractivity contribution in [2.24, 2.45) is 5.92 Å². The highest BCUT2D eigenvalue weighted by atomic mass is 16.2. The van der Waals surface area contributed by atoms with E-state index in [1.165, 1.54) is 31.3 Å². The highest BCUT2D eigenvalue weighted by molar-refractivity contribution is 5.93. The molecule has 4 nitrogen and oxygen atoms in total. The molecular weight excluding hydrogens is 180 g/mol. The van der Waals surface area contributed by atoms with Crippen molar-refractivity contribution in [2.75, 3.05) is 6.54 Å². The number of amides is 1. The summed E-state index contributed by atoms with van der Waals surface area (Å²) in [5, 5.41) is 2.74. The average molecular weight is 192 g/mol. The number of H-pyrrole nitrogens is 1. The second kappa shape index (κ2) is 3.65. The van der Waals surface area contributed by atoms with Crippen molar-refractivity contribution < 1.29 is 4.79 Å². The van der Waals surface area contributed by atoms with Crippen molar-refractivity contribution in [3.63, 3.8) is 0 Å².